The van der Waals surface area contributed by atoms with Crippen molar-refractivity contribution in [1.82, 2.24) is 0 Å². The molecule has 72 valence electrons. The molecule has 0 saturated heterocycles. The Labute approximate surface area is 78.2 Å². The summed E-state index contributed by atoms with van der Waals surface area (Å²) in [5, 5.41) is 9.49. The Kier molecular flexibility index (Phi) is 2.60. The van der Waals surface area contributed by atoms with Crippen LogP contribution in [0.4, 0.5) is 4.39 Å². The lowest BCUT2D eigenvalue weighted by molar-refractivity contribution is 0.398. The normalized spacial score (nSPS) is 11.7. The van der Waals surface area contributed by atoms with E-state index in [0.717, 1.165) is 6.42 Å². The quantitative estimate of drug-likeness (QED) is 0.744. The van der Waals surface area contributed by atoms with E-state index in [9.17, 15) is 9.50 Å². The van der Waals surface area contributed by atoms with Crippen molar-refractivity contribution in [2.75, 3.05) is 0 Å². The van der Waals surface area contributed by atoms with E-state index in [-0.39, 0.29) is 11.2 Å². The molecule has 1 nitrogen and oxygen atoms in total. The molecule has 13 heavy (non-hydrogen) atoms. The van der Waals surface area contributed by atoms with Crippen LogP contribution in [-0.2, 0) is 5.41 Å². The molecule has 0 aliphatic heterocycles. The third kappa shape index (κ3) is 1.82. The van der Waals surface area contributed by atoms with Gasteiger partial charge in [0.15, 0.2) is 11.6 Å². The second-order valence-corrected chi connectivity index (χ2v) is 3.87. The van der Waals surface area contributed by atoms with Crippen molar-refractivity contribution in [3.05, 3.63) is 29.6 Å². The van der Waals surface area contributed by atoms with E-state index in [1.165, 1.54) is 6.07 Å². The summed E-state index contributed by atoms with van der Waals surface area (Å²) in [7, 11) is 0. The summed E-state index contributed by atoms with van der Waals surface area (Å²) >= 11 is 0. The van der Waals surface area contributed by atoms with E-state index >= 15 is 0 Å². The van der Waals surface area contributed by atoms with E-state index in [0.29, 0.717) is 5.56 Å². The molecule has 1 rings (SSSR count). The van der Waals surface area contributed by atoms with Crippen molar-refractivity contribution in [3.63, 3.8) is 0 Å². The second-order valence-electron chi connectivity index (χ2n) is 3.87. The first-order valence-corrected chi connectivity index (χ1v) is 4.47. The van der Waals surface area contributed by atoms with Crippen molar-refractivity contribution in [3.8, 4) is 5.75 Å². The van der Waals surface area contributed by atoms with Crippen LogP contribution in [0.5, 0.6) is 5.75 Å². The monoisotopic (exact) mass is 182 g/mol. The standard InChI is InChI=1S/C11H15FO/c1-4-11(2,3)8-6-5-7-9(12)10(8)13/h5-7,13H,4H2,1-3H3. The average molecular weight is 182 g/mol. The predicted molar refractivity (Wildman–Crippen MR) is 51.4 cm³/mol. The van der Waals surface area contributed by atoms with Gasteiger partial charge in [-0.1, -0.05) is 32.9 Å². The highest BCUT2D eigenvalue weighted by Gasteiger charge is 2.22. The van der Waals surface area contributed by atoms with Crippen molar-refractivity contribution in [1.29, 1.82) is 0 Å². The van der Waals surface area contributed by atoms with Gasteiger partial charge in [0.25, 0.3) is 0 Å². The molecule has 0 bridgehead atoms. The van der Waals surface area contributed by atoms with Crippen LogP contribution < -0.4 is 0 Å². The Morgan fingerprint density at radius 3 is 2.54 bits per heavy atom. The summed E-state index contributed by atoms with van der Waals surface area (Å²) in [6.07, 6.45) is 0.865. The van der Waals surface area contributed by atoms with Gasteiger partial charge in [0.1, 0.15) is 0 Å². The van der Waals surface area contributed by atoms with Crippen LogP contribution in [0.2, 0.25) is 0 Å². The smallest absolute Gasteiger partial charge is 0.165 e. The van der Waals surface area contributed by atoms with Gasteiger partial charge >= 0.3 is 0 Å². The number of phenolic OH excluding ortho intramolecular Hbond substituents is 1. The maximum Gasteiger partial charge on any atom is 0.165 e. The van der Waals surface area contributed by atoms with Gasteiger partial charge in [-0.3, -0.25) is 0 Å². The van der Waals surface area contributed by atoms with Gasteiger partial charge in [0.05, 0.1) is 0 Å². The lowest BCUT2D eigenvalue weighted by Gasteiger charge is -2.24. The van der Waals surface area contributed by atoms with E-state index in [1.54, 1.807) is 12.1 Å². The van der Waals surface area contributed by atoms with Crippen LogP contribution in [-0.4, -0.2) is 5.11 Å². The first-order chi connectivity index (χ1) is 5.99. The summed E-state index contributed by atoms with van der Waals surface area (Å²) in [6, 6.07) is 4.66. The summed E-state index contributed by atoms with van der Waals surface area (Å²) in [5.74, 6) is -0.756. The molecule has 0 amide bonds. The first-order valence-electron chi connectivity index (χ1n) is 4.47. The van der Waals surface area contributed by atoms with Gasteiger partial charge in [-0.2, -0.15) is 0 Å². The maximum atomic E-state index is 13.0. The van der Waals surface area contributed by atoms with E-state index in [4.69, 9.17) is 0 Å². The van der Waals surface area contributed by atoms with E-state index in [2.05, 4.69) is 0 Å². The topological polar surface area (TPSA) is 20.2 Å². The molecular weight excluding hydrogens is 167 g/mol. The number of hydrogen-bond acceptors (Lipinski definition) is 1. The summed E-state index contributed by atoms with van der Waals surface area (Å²) in [5.41, 5.74) is 0.502. The molecule has 1 aromatic carbocycles. The largest absolute Gasteiger partial charge is 0.505 e. The van der Waals surface area contributed by atoms with Gasteiger partial charge in [-0.15, -0.1) is 0 Å². The van der Waals surface area contributed by atoms with Crippen LogP contribution in [0.15, 0.2) is 18.2 Å². The Bertz CT molecular complexity index is 305. The number of benzene rings is 1. The number of aromatic hydroxyl groups is 1. The number of phenols is 1. The molecule has 0 unspecified atom stereocenters. The zero-order valence-corrected chi connectivity index (χ0v) is 8.26. The summed E-state index contributed by atoms with van der Waals surface area (Å²) in [6.45, 7) is 5.99. The summed E-state index contributed by atoms with van der Waals surface area (Å²) < 4.78 is 13.0. The van der Waals surface area contributed by atoms with Crippen molar-refractivity contribution >= 4 is 0 Å². The van der Waals surface area contributed by atoms with Crippen LogP contribution in [0.3, 0.4) is 0 Å². The molecule has 0 atom stereocenters. The number of rotatable bonds is 2. The third-order valence-corrected chi connectivity index (χ3v) is 2.60. The zero-order valence-electron chi connectivity index (χ0n) is 8.26. The molecule has 0 saturated carbocycles. The van der Waals surface area contributed by atoms with Gasteiger partial charge < -0.3 is 5.11 Å². The Hall–Kier alpha value is -1.05. The summed E-state index contributed by atoms with van der Waals surface area (Å²) in [4.78, 5) is 0. The highest BCUT2D eigenvalue weighted by Crippen LogP contribution is 2.34. The molecule has 1 N–H and O–H groups in total. The molecule has 2 heteroatoms. The Morgan fingerprint density at radius 2 is 2.00 bits per heavy atom. The minimum atomic E-state index is -0.543. The van der Waals surface area contributed by atoms with Gasteiger partial charge in [-0.25, -0.2) is 4.39 Å². The molecule has 1 aromatic rings. The molecule has 0 heterocycles. The molecule has 0 spiro atoms. The van der Waals surface area contributed by atoms with Gasteiger partial charge in [0.2, 0.25) is 0 Å². The predicted octanol–water partition coefficient (Wildman–Crippen LogP) is 3.22. The third-order valence-electron chi connectivity index (χ3n) is 2.60. The second kappa shape index (κ2) is 3.36. The Balaban J connectivity index is 3.22. The lowest BCUT2D eigenvalue weighted by atomic mass is 9.82. The molecule has 0 radical (unpaired) electrons. The van der Waals surface area contributed by atoms with Crippen molar-refractivity contribution in [2.24, 2.45) is 0 Å². The highest BCUT2D eigenvalue weighted by atomic mass is 19.1. The molecule has 0 aromatic heterocycles. The van der Waals surface area contributed by atoms with Crippen molar-refractivity contribution in [2.45, 2.75) is 32.6 Å². The van der Waals surface area contributed by atoms with Gasteiger partial charge in [-0.05, 0) is 17.9 Å². The fourth-order valence-corrected chi connectivity index (χ4v) is 1.25. The SMILES string of the molecule is CCC(C)(C)c1cccc(F)c1O. The fourth-order valence-electron chi connectivity index (χ4n) is 1.25. The first kappa shape index (κ1) is 10.0. The van der Waals surface area contributed by atoms with E-state index < -0.39 is 5.82 Å². The molecule has 0 aliphatic carbocycles. The van der Waals surface area contributed by atoms with Crippen molar-refractivity contribution < 1.29 is 9.50 Å². The number of halogens is 1. The fraction of sp³-hybridized carbons (Fsp3) is 0.455. The molecule has 0 fully saturated rings. The highest BCUT2D eigenvalue weighted by molar-refractivity contribution is 5.38. The van der Waals surface area contributed by atoms with Gasteiger partial charge in [0, 0.05) is 5.56 Å². The van der Waals surface area contributed by atoms with Crippen LogP contribution >= 0.6 is 0 Å². The van der Waals surface area contributed by atoms with Crippen LogP contribution in [0, 0.1) is 5.82 Å². The van der Waals surface area contributed by atoms with Crippen LogP contribution in [0.1, 0.15) is 32.8 Å². The number of para-hydroxylation sites is 1. The minimum Gasteiger partial charge on any atom is -0.505 e. The van der Waals surface area contributed by atoms with Crippen LogP contribution in [0.25, 0.3) is 0 Å². The Morgan fingerprint density at radius 1 is 1.38 bits per heavy atom. The lowest BCUT2D eigenvalue weighted by Crippen LogP contribution is -2.15. The maximum absolute atomic E-state index is 13.0. The zero-order chi connectivity index (χ0) is 10.1. The molecular formula is C11H15FO. The van der Waals surface area contributed by atoms with E-state index in [1.807, 2.05) is 20.8 Å². The average Bonchev–Trinajstić information content (AvgIpc) is 2.09. The number of hydrogen-bond donors (Lipinski definition) is 1. The minimum absolute atomic E-state index is 0.174. The molecule has 0 aliphatic rings.